The zero-order valence-electron chi connectivity index (χ0n) is 14.4. The fourth-order valence-electron chi connectivity index (χ4n) is 3.11. The molecule has 3 rings (SSSR count). The number of benzene rings is 1. The summed E-state index contributed by atoms with van der Waals surface area (Å²) in [5, 5.41) is 4.09. The Balaban J connectivity index is 1.63. The second kappa shape index (κ2) is 6.95. The summed E-state index contributed by atoms with van der Waals surface area (Å²) in [6, 6.07) is 7.71. The highest BCUT2D eigenvalue weighted by Crippen LogP contribution is 2.25. The van der Waals surface area contributed by atoms with Gasteiger partial charge in [0, 0.05) is 13.5 Å². The second-order valence-electron chi connectivity index (χ2n) is 6.59. The molecule has 1 fully saturated rings. The molecular formula is C17H22N4O3S. The molecule has 0 N–H and O–H groups in total. The van der Waals surface area contributed by atoms with Crippen LogP contribution in [0.1, 0.15) is 31.4 Å². The Labute approximate surface area is 147 Å². The van der Waals surface area contributed by atoms with Gasteiger partial charge in [-0.3, -0.25) is 4.79 Å². The average Bonchev–Trinajstić information content (AvgIpc) is 3.23. The molecule has 0 unspecified atom stereocenters. The van der Waals surface area contributed by atoms with Crippen molar-refractivity contribution in [2.24, 2.45) is 5.92 Å². The molecule has 0 radical (unpaired) electrons. The lowest BCUT2D eigenvalue weighted by Gasteiger charge is -2.26. The molecule has 1 aliphatic rings. The highest BCUT2D eigenvalue weighted by molar-refractivity contribution is 7.91. The van der Waals surface area contributed by atoms with Crippen LogP contribution in [0.2, 0.25) is 0 Å². The molecule has 0 aliphatic carbocycles. The summed E-state index contributed by atoms with van der Waals surface area (Å²) in [5.74, 6) is 0.262. The average molecular weight is 362 g/mol. The van der Waals surface area contributed by atoms with Crippen molar-refractivity contribution in [2.45, 2.75) is 25.8 Å². The molecule has 2 heterocycles. The van der Waals surface area contributed by atoms with Crippen LogP contribution in [0, 0.1) is 5.92 Å². The third-order valence-electron chi connectivity index (χ3n) is 4.82. The SMILES string of the molecule is C[C@H](c1ccc(-n2cncn2)cc1)N(C)C(=O)C[C@@H]1CCS(=O)(=O)C1. The Bertz CT molecular complexity index is 831. The Kier molecular flexibility index (Phi) is 4.89. The molecule has 7 nitrogen and oxygen atoms in total. The molecule has 8 heteroatoms. The van der Waals surface area contributed by atoms with Gasteiger partial charge < -0.3 is 4.90 Å². The minimum atomic E-state index is -2.95. The fraction of sp³-hybridized carbons (Fsp3) is 0.471. The number of rotatable bonds is 5. The van der Waals surface area contributed by atoms with E-state index in [9.17, 15) is 13.2 Å². The largest absolute Gasteiger partial charge is 0.339 e. The van der Waals surface area contributed by atoms with Gasteiger partial charge in [0.2, 0.25) is 5.91 Å². The van der Waals surface area contributed by atoms with Gasteiger partial charge in [-0.15, -0.1) is 0 Å². The molecule has 1 aromatic heterocycles. The van der Waals surface area contributed by atoms with Gasteiger partial charge in [-0.05, 0) is 37.0 Å². The molecule has 1 aromatic carbocycles. The first-order valence-electron chi connectivity index (χ1n) is 8.27. The van der Waals surface area contributed by atoms with Crippen molar-refractivity contribution < 1.29 is 13.2 Å². The fourth-order valence-corrected chi connectivity index (χ4v) is 4.97. The van der Waals surface area contributed by atoms with Crippen molar-refractivity contribution in [3.63, 3.8) is 0 Å². The van der Waals surface area contributed by atoms with Gasteiger partial charge in [0.05, 0.1) is 23.2 Å². The van der Waals surface area contributed by atoms with Crippen molar-refractivity contribution in [1.29, 1.82) is 0 Å². The van der Waals surface area contributed by atoms with E-state index in [-0.39, 0.29) is 35.8 Å². The first-order chi connectivity index (χ1) is 11.9. The van der Waals surface area contributed by atoms with Gasteiger partial charge >= 0.3 is 0 Å². The van der Waals surface area contributed by atoms with Gasteiger partial charge in [0.25, 0.3) is 0 Å². The minimum absolute atomic E-state index is 0.0186. The number of amides is 1. The molecule has 1 aliphatic heterocycles. The molecule has 0 spiro atoms. The van der Waals surface area contributed by atoms with Crippen molar-refractivity contribution in [2.75, 3.05) is 18.6 Å². The van der Waals surface area contributed by atoms with E-state index in [1.54, 1.807) is 23.0 Å². The molecule has 2 atom stereocenters. The van der Waals surface area contributed by atoms with Crippen LogP contribution in [0.15, 0.2) is 36.9 Å². The maximum absolute atomic E-state index is 12.5. The summed E-state index contributed by atoms with van der Waals surface area (Å²) in [4.78, 5) is 18.1. The molecule has 134 valence electrons. The molecule has 0 saturated carbocycles. The summed E-state index contributed by atoms with van der Waals surface area (Å²) >= 11 is 0. The van der Waals surface area contributed by atoms with Crippen LogP contribution in [-0.4, -0.2) is 52.5 Å². The summed E-state index contributed by atoms with van der Waals surface area (Å²) in [7, 11) is -1.18. The predicted molar refractivity (Wildman–Crippen MR) is 93.9 cm³/mol. The topological polar surface area (TPSA) is 85.2 Å². The van der Waals surface area contributed by atoms with Crippen LogP contribution in [-0.2, 0) is 14.6 Å². The van der Waals surface area contributed by atoms with E-state index in [0.717, 1.165) is 11.3 Å². The van der Waals surface area contributed by atoms with Gasteiger partial charge in [-0.2, -0.15) is 5.10 Å². The van der Waals surface area contributed by atoms with Gasteiger partial charge in [-0.25, -0.2) is 18.1 Å². The zero-order valence-corrected chi connectivity index (χ0v) is 15.2. The molecule has 1 saturated heterocycles. The van der Waals surface area contributed by atoms with E-state index in [2.05, 4.69) is 10.1 Å². The monoisotopic (exact) mass is 362 g/mol. The Hall–Kier alpha value is -2.22. The van der Waals surface area contributed by atoms with Gasteiger partial charge in [0.15, 0.2) is 9.84 Å². The number of nitrogens with zero attached hydrogens (tertiary/aromatic N) is 4. The van der Waals surface area contributed by atoms with Crippen LogP contribution < -0.4 is 0 Å². The smallest absolute Gasteiger partial charge is 0.223 e. The minimum Gasteiger partial charge on any atom is -0.339 e. The van der Waals surface area contributed by atoms with Gasteiger partial charge in [-0.1, -0.05) is 12.1 Å². The summed E-state index contributed by atoms with van der Waals surface area (Å²) in [6.07, 6.45) is 3.98. The van der Waals surface area contributed by atoms with Crippen molar-refractivity contribution in [3.05, 3.63) is 42.5 Å². The van der Waals surface area contributed by atoms with Gasteiger partial charge in [0.1, 0.15) is 12.7 Å². The van der Waals surface area contributed by atoms with E-state index in [4.69, 9.17) is 0 Å². The van der Waals surface area contributed by atoms with Crippen LogP contribution >= 0.6 is 0 Å². The van der Waals surface area contributed by atoms with Crippen LogP contribution in [0.5, 0.6) is 0 Å². The summed E-state index contributed by atoms with van der Waals surface area (Å²) < 4.78 is 24.8. The maximum Gasteiger partial charge on any atom is 0.223 e. The number of sulfone groups is 1. The third kappa shape index (κ3) is 4.07. The Morgan fingerprint density at radius 3 is 2.64 bits per heavy atom. The van der Waals surface area contributed by atoms with E-state index in [1.807, 2.05) is 31.2 Å². The lowest BCUT2D eigenvalue weighted by atomic mass is 10.0. The summed E-state index contributed by atoms with van der Waals surface area (Å²) in [5.41, 5.74) is 1.91. The third-order valence-corrected chi connectivity index (χ3v) is 6.66. The maximum atomic E-state index is 12.5. The number of aromatic nitrogens is 3. The Morgan fingerprint density at radius 2 is 2.08 bits per heavy atom. The number of hydrogen-bond acceptors (Lipinski definition) is 5. The molecule has 1 amide bonds. The zero-order chi connectivity index (χ0) is 18.0. The molecule has 0 bridgehead atoms. The normalized spacial score (nSPS) is 20.3. The standard InChI is InChI=1S/C17H22N4O3S/c1-13(15-3-5-16(6-4-15)21-12-18-11-19-21)20(2)17(22)9-14-7-8-25(23,24)10-14/h3-6,11-14H,7-10H2,1-2H3/t13-,14+/m1/s1. The number of carbonyl (C=O) groups is 1. The molecule has 2 aromatic rings. The summed E-state index contributed by atoms with van der Waals surface area (Å²) in [6.45, 7) is 1.97. The van der Waals surface area contributed by atoms with Crippen molar-refractivity contribution in [1.82, 2.24) is 19.7 Å². The van der Waals surface area contributed by atoms with E-state index in [1.165, 1.54) is 6.33 Å². The number of carbonyl (C=O) groups excluding carboxylic acids is 1. The van der Waals surface area contributed by atoms with Crippen LogP contribution in [0.3, 0.4) is 0 Å². The Morgan fingerprint density at radius 1 is 1.36 bits per heavy atom. The lowest BCUT2D eigenvalue weighted by molar-refractivity contribution is -0.132. The van der Waals surface area contributed by atoms with Crippen molar-refractivity contribution >= 4 is 15.7 Å². The van der Waals surface area contributed by atoms with E-state index in [0.29, 0.717) is 6.42 Å². The predicted octanol–water partition coefficient (Wildman–Crippen LogP) is 1.61. The number of hydrogen-bond donors (Lipinski definition) is 0. The molecule has 25 heavy (non-hydrogen) atoms. The van der Waals surface area contributed by atoms with Crippen LogP contribution in [0.4, 0.5) is 0 Å². The quantitative estimate of drug-likeness (QED) is 0.807. The highest BCUT2D eigenvalue weighted by atomic mass is 32.2. The molecular weight excluding hydrogens is 340 g/mol. The van der Waals surface area contributed by atoms with E-state index < -0.39 is 9.84 Å². The highest BCUT2D eigenvalue weighted by Gasteiger charge is 2.31. The lowest BCUT2D eigenvalue weighted by Crippen LogP contribution is -2.31. The second-order valence-corrected chi connectivity index (χ2v) is 8.81. The van der Waals surface area contributed by atoms with Crippen LogP contribution in [0.25, 0.3) is 5.69 Å². The first-order valence-corrected chi connectivity index (χ1v) is 10.1. The van der Waals surface area contributed by atoms with E-state index >= 15 is 0 Å². The van der Waals surface area contributed by atoms with Crippen molar-refractivity contribution in [3.8, 4) is 5.69 Å². The first kappa shape index (κ1) is 17.6.